The zero-order chi connectivity index (χ0) is 10.4. The van der Waals surface area contributed by atoms with E-state index in [4.69, 9.17) is 0 Å². The first-order valence-corrected chi connectivity index (χ1v) is 6.05. The van der Waals surface area contributed by atoms with Gasteiger partial charge in [-0.1, -0.05) is 6.07 Å². The predicted octanol–water partition coefficient (Wildman–Crippen LogP) is 4.24. The van der Waals surface area contributed by atoms with E-state index >= 15 is 0 Å². The molecule has 2 heterocycles. The minimum atomic E-state index is 1.05. The van der Waals surface area contributed by atoms with Crippen molar-refractivity contribution in [2.45, 2.75) is 0 Å². The molecule has 0 fully saturated rings. The van der Waals surface area contributed by atoms with Gasteiger partial charge in [0.2, 0.25) is 0 Å². The summed E-state index contributed by atoms with van der Waals surface area (Å²) in [7, 11) is 0. The maximum Gasteiger partial charge on any atom is 0.0651 e. The molecule has 3 aromatic rings. The standard InChI is InChI=1S/C11H6Br2N2/c12-8-2-1-7-6-3-4-14-5-9(6)15-11(7)10(8)13/h1-5,15H. The molecule has 1 aromatic carbocycles. The summed E-state index contributed by atoms with van der Waals surface area (Å²) in [6.07, 6.45) is 3.65. The second-order valence-electron chi connectivity index (χ2n) is 3.33. The number of nitrogens with zero attached hydrogens (tertiary/aromatic N) is 1. The van der Waals surface area contributed by atoms with E-state index < -0.39 is 0 Å². The number of hydrogen-bond donors (Lipinski definition) is 1. The summed E-state index contributed by atoms with van der Waals surface area (Å²) in [6, 6.07) is 6.16. The van der Waals surface area contributed by atoms with Crippen molar-refractivity contribution in [1.29, 1.82) is 0 Å². The minimum absolute atomic E-state index is 1.05. The van der Waals surface area contributed by atoms with Crippen LogP contribution in [0.3, 0.4) is 0 Å². The third kappa shape index (κ3) is 1.32. The van der Waals surface area contributed by atoms with Gasteiger partial charge in [0.25, 0.3) is 0 Å². The molecule has 0 aliphatic heterocycles. The van der Waals surface area contributed by atoms with E-state index in [2.05, 4.69) is 47.9 Å². The minimum Gasteiger partial charge on any atom is -0.352 e. The number of rotatable bonds is 0. The van der Waals surface area contributed by atoms with Crippen molar-refractivity contribution in [3.8, 4) is 0 Å². The third-order valence-corrected chi connectivity index (χ3v) is 4.48. The summed E-state index contributed by atoms with van der Waals surface area (Å²) in [5, 5.41) is 2.41. The number of nitrogens with one attached hydrogen (secondary N) is 1. The van der Waals surface area contributed by atoms with Gasteiger partial charge in [-0.05, 0) is 44.0 Å². The molecule has 0 spiro atoms. The SMILES string of the molecule is Brc1ccc2c([nH]c3cnccc32)c1Br. The van der Waals surface area contributed by atoms with Gasteiger partial charge in [0.1, 0.15) is 0 Å². The normalized spacial score (nSPS) is 11.3. The van der Waals surface area contributed by atoms with Gasteiger partial charge in [-0.2, -0.15) is 0 Å². The van der Waals surface area contributed by atoms with E-state index in [0.717, 1.165) is 20.0 Å². The number of halogens is 2. The van der Waals surface area contributed by atoms with Crippen LogP contribution in [-0.4, -0.2) is 9.97 Å². The Morgan fingerprint density at radius 2 is 1.93 bits per heavy atom. The van der Waals surface area contributed by atoms with Crippen molar-refractivity contribution in [2.24, 2.45) is 0 Å². The molecular weight excluding hydrogens is 320 g/mol. The Morgan fingerprint density at radius 1 is 1.07 bits per heavy atom. The first-order chi connectivity index (χ1) is 7.27. The van der Waals surface area contributed by atoms with Gasteiger partial charge in [-0.3, -0.25) is 4.98 Å². The van der Waals surface area contributed by atoms with Gasteiger partial charge in [0, 0.05) is 21.4 Å². The predicted molar refractivity (Wildman–Crippen MR) is 69.0 cm³/mol. The van der Waals surface area contributed by atoms with Crippen molar-refractivity contribution in [2.75, 3.05) is 0 Å². The number of pyridine rings is 1. The summed E-state index contributed by atoms with van der Waals surface area (Å²) in [4.78, 5) is 7.45. The highest BCUT2D eigenvalue weighted by Gasteiger charge is 2.08. The summed E-state index contributed by atoms with van der Waals surface area (Å²) in [6.45, 7) is 0. The largest absolute Gasteiger partial charge is 0.352 e. The Hall–Kier alpha value is -0.870. The number of aromatic amines is 1. The van der Waals surface area contributed by atoms with E-state index in [1.54, 1.807) is 0 Å². The van der Waals surface area contributed by atoms with Crippen LogP contribution in [-0.2, 0) is 0 Å². The maximum absolute atomic E-state index is 4.10. The van der Waals surface area contributed by atoms with Crippen molar-refractivity contribution in [3.63, 3.8) is 0 Å². The second-order valence-corrected chi connectivity index (χ2v) is 4.98. The first-order valence-electron chi connectivity index (χ1n) is 4.47. The lowest BCUT2D eigenvalue weighted by molar-refractivity contribution is 1.35. The van der Waals surface area contributed by atoms with E-state index in [1.165, 1.54) is 10.8 Å². The maximum atomic E-state index is 4.10. The van der Waals surface area contributed by atoms with Crippen molar-refractivity contribution in [3.05, 3.63) is 39.5 Å². The van der Waals surface area contributed by atoms with Gasteiger partial charge in [-0.15, -0.1) is 0 Å². The Labute approximate surface area is 103 Å². The lowest BCUT2D eigenvalue weighted by atomic mass is 10.2. The average molecular weight is 326 g/mol. The molecule has 2 nitrogen and oxygen atoms in total. The van der Waals surface area contributed by atoms with E-state index in [0.29, 0.717) is 0 Å². The fourth-order valence-electron chi connectivity index (χ4n) is 1.76. The van der Waals surface area contributed by atoms with Crippen molar-refractivity contribution < 1.29 is 0 Å². The Balaban J connectivity index is 2.60. The van der Waals surface area contributed by atoms with Gasteiger partial charge in [0.05, 0.1) is 21.7 Å². The highest BCUT2D eigenvalue weighted by Crippen LogP contribution is 2.34. The molecule has 15 heavy (non-hydrogen) atoms. The van der Waals surface area contributed by atoms with E-state index in [-0.39, 0.29) is 0 Å². The Morgan fingerprint density at radius 3 is 2.80 bits per heavy atom. The van der Waals surface area contributed by atoms with Crippen LogP contribution < -0.4 is 0 Å². The molecular formula is C11H6Br2N2. The Bertz CT molecular complexity index is 658. The number of fused-ring (bicyclic) bond motifs is 3. The van der Waals surface area contributed by atoms with Crippen LogP contribution in [0.2, 0.25) is 0 Å². The number of H-pyrrole nitrogens is 1. The Kier molecular flexibility index (Phi) is 2.07. The zero-order valence-corrected chi connectivity index (χ0v) is 10.8. The molecule has 0 aliphatic carbocycles. The van der Waals surface area contributed by atoms with Crippen LogP contribution in [0.1, 0.15) is 0 Å². The molecule has 0 aliphatic rings. The lowest BCUT2D eigenvalue weighted by Crippen LogP contribution is -1.72. The highest BCUT2D eigenvalue weighted by atomic mass is 79.9. The average Bonchev–Trinajstić information content (AvgIpc) is 2.63. The monoisotopic (exact) mass is 324 g/mol. The quantitative estimate of drug-likeness (QED) is 0.658. The molecule has 0 saturated heterocycles. The van der Waals surface area contributed by atoms with Crippen molar-refractivity contribution in [1.82, 2.24) is 9.97 Å². The van der Waals surface area contributed by atoms with Crippen LogP contribution in [0, 0.1) is 0 Å². The molecule has 0 atom stereocenters. The number of hydrogen-bond acceptors (Lipinski definition) is 1. The van der Waals surface area contributed by atoms with Gasteiger partial charge in [0.15, 0.2) is 0 Å². The van der Waals surface area contributed by atoms with Crippen LogP contribution in [0.4, 0.5) is 0 Å². The molecule has 0 amide bonds. The van der Waals surface area contributed by atoms with Gasteiger partial charge >= 0.3 is 0 Å². The summed E-state index contributed by atoms with van der Waals surface area (Å²) in [5.41, 5.74) is 2.17. The molecule has 0 saturated carbocycles. The topological polar surface area (TPSA) is 28.7 Å². The summed E-state index contributed by atoms with van der Waals surface area (Å²) < 4.78 is 2.10. The highest BCUT2D eigenvalue weighted by molar-refractivity contribution is 9.13. The van der Waals surface area contributed by atoms with Crippen LogP contribution in [0.5, 0.6) is 0 Å². The van der Waals surface area contributed by atoms with Gasteiger partial charge in [-0.25, -0.2) is 0 Å². The van der Waals surface area contributed by atoms with Crippen LogP contribution in [0.25, 0.3) is 21.8 Å². The van der Waals surface area contributed by atoms with Crippen molar-refractivity contribution >= 4 is 53.7 Å². The molecule has 74 valence electrons. The molecule has 0 unspecified atom stereocenters. The van der Waals surface area contributed by atoms with E-state index in [1.807, 2.05) is 24.5 Å². The van der Waals surface area contributed by atoms with Crippen LogP contribution >= 0.6 is 31.9 Å². The van der Waals surface area contributed by atoms with Gasteiger partial charge < -0.3 is 4.98 Å². The fraction of sp³-hybridized carbons (Fsp3) is 0. The van der Waals surface area contributed by atoms with E-state index in [9.17, 15) is 0 Å². The fourth-order valence-corrected chi connectivity index (χ4v) is 2.54. The molecule has 0 radical (unpaired) electrons. The van der Waals surface area contributed by atoms with Crippen LogP contribution in [0.15, 0.2) is 39.5 Å². The zero-order valence-electron chi connectivity index (χ0n) is 7.59. The second kappa shape index (κ2) is 3.32. The lowest BCUT2D eigenvalue weighted by Gasteiger charge is -1.96. The summed E-state index contributed by atoms with van der Waals surface area (Å²) in [5.74, 6) is 0. The first kappa shape index (κ1) is 9.36. The molecule has 1 N–H and O–H groups in total. The molecule has 2 aromatic heterocycles. The smallest absolute Gasteiger partial charge is 0.0651 e. The molecule has 0 bridgehead atoms. The third-order valence-electron chi connectivity index (χ3n) is 2.47. The molecule has 3 rings (SSSR count). The summed E-state index contributed by atoms with van der Waals surface area (Å²) >= 11 is 7.05. The molecule has 4 heteroatoms. The number of aromatic nitrogens is 2. The number of benzene rings is 1.